The molecule has 0 fully saturated rings. The van der Waals surface area contributed by atoms with Crippen LogP contribution in [0, 0.1) is 0 Å². The highest BCUT2D eigenvalue weighted by molar-refractivity contribution is 7.85. The highest BCUT2D eigenvalue weighted by Crippen LogP contribution is 2.13. The molecule has 0 aliphatic carbocycles. The number of nitrogens with zero attached hydrogens (tertiary/aromatic N) is 2. The lowest BCUT2D eigenvalue weighted by Gasteiger charge is -2.13. The van der Waals surface area contributed by atoms with Crippen LogP contribution < -0.4 is 0 Å². The van der Waals surface area contributed by atoms with Gasteiger partial charge in [0.25, 0.3) is 10.1 Å². The molecule has 0 radical (unpaired) electrons. The molecule has 35 heavy (non-hydrogen) atoms. The number of β-amino-alcohol motifs (C(OH)–C–C–N with tert-alkyl or cyclic N) is 2. The second-order valence-electron chi connectivity index (χ2n) is 9.64. The van der Waals surface area contributed by atoms with Crippen LogP contribution in [-0.2, 0) is 14.9 Å². The molecule has 0 saturated carbocycles. The van der Waals surface area contributed by atoms with Crippen LogP contribution >= 0.6 is 0 Å². The Labute approximate surface area is 212 Å². The van der Waals surface area contributed by atoms with Gasteiger partial charge < -0.3 is 10.2 Å². The van der Waals surface area contributed by atoms with Gasteiger partial charge in [-0.15, -0.1) is 0 Å². The fraction of sp³-hybridized carbons (Fsp3) is 0.846. The number of amidine groups is 1. The van der Waals surface area contributed by atoms with Gasteiger partial charge in [-0.2, -0.15) is 8.42 Å². The summed E-state index contributed by atoms with van der Waals surface area (Å²) in [5.74, 6) is -0.369. The fourth-order valence-corrected chi connectivity index (χ4v) is 5.13. The van der Waals surface area contributed by atoms with Gasteiger partial charge >= 0.3 is 5.84 Å². The van der Waals surface area contributed by atoms with Crippen molar-refractivity contribution in [2.75, 3.05) is 38.5 Å². The van der Waals surface area contributed by atoms with Gasteiger partial charge in [0.05, 0.1) is 6.61 Å². The molecular formula is C26H49N2O6S+. The maximum Gasteiger partial charge on any atom is 0.316 e. The van der Waals surface area contributed by atoms with Crippen molar-refractivity contribution >= 4 is 21.7 Å². The summed E-state index contributed by atoms with van der Waals surface area (Å²) in [6.07, 6.45) is 19.2. The van der Waals surface area contributed by atoms with Gasteiger partial charge in [-0.05, 0) is 32.1 Å². The van der Waals surface area contributed by atoms with Crippen LogP contribution in [0.2, 0.25) is 0 Å². The van der Waals surface area contributed by atoms with Crippen molar-refractivity contribution in [2.45, 2.75) is 103 Å². The van der Waals surface area contributed by atoms with E-state index in [1.165, 1.54) is 64.2 Å². The largest absolute Gasteiger partial charge is 0.392 e. The first-order chi connectivity index (χ1) is 16.8. The highest BCUT2D eigenvalue weighted by atomic mass is 32.2. The first-order valence-electron chi connectivity index (χ1n) is 13.6. The molecule has 3 N–H and O–H groups in total. The highest BCUT2D eigenvalue weighted by Gasteiger charge is 2.36. The Morgan fingerprint density at radius 1 is 1.00 bits per heavy atom. The summed E-state index contributed by atoms with van der Waals surface area (Å²) >= 11 is 0. The summed E-state index contributed by atoms with van der Waals surface area (Å²) in [6, 6.07) is 0. The average molecular weight is 518 g/mol. The predicted octanol–water partition coefficient (Wildman–Crippen LogP) is 3.56. The number of allylic oxidation sites excluding steroid dienone is 2. The number of carbonyl (C=O) groups is 1. The number of Topliss-reactive ketones (excluding diaryl/α,β-unsaturated/α-hetero) is 1. The van der Waals surface area contributed by atoms with Crippen molar-refractivity contribution in [1.82, 2.24) is 4.90 Å². The first kappa shape index (κ1) is 31.7. The van der Waals surface area contributed by atoms with Crippen molar-refractivity contribution in [3.63, 3.8) is 0 Å². The molecule has 0 bridgehead atoms. The molecule has 0 saturated heterocycles. The zero-order valence-corrected chi connectivity index (χ0v) is 22.6. The summed E-state index contributed by atoms with van der Waals surface area (Å²) in [4.78, 5) is 14.7. The van der Waals surface area contributed by atoms with Crippen LogP contribution in [0.5, 0.6) is 0 Å². The minimum atomic E-state index is -4.29. The molecule has 0 amide bonds. The van der Waals surface area contributed by atoms with E-state index in [9.17, 15) is 23.4 Å². The molecule has 0 aromatic rings. The Kier molecular flexibility index (Phi) is 17.1. The summed E-state index contributed by atoms with van der Waals surface area (Å²) in [5, 5.41) is 19.3. The van der Waals surface area contributed by atoms with E-state index in [1.807, 2.05) is 0 Å². The molecule has 1 atom stereocenters. The number of hydrogen-bond acceptors (Lipinski definition) is 6. The Morgan fingerprint density at radius 2 is 1.57 bits per heavy atom. The van der Waals surface area contributed by atoms with E-state index in [4.69, 9.17) is 4.55 Å². The molecule has 0 aromatic heterocycles. The zero-order valence-electron chi connectivity index (χ0n) is 21.7. The molecule has 204 valence electrons. The molecule has 0 aromatic carbocycles. The average Bonchev–Trinajstić information content (AvgIpc) is 3.17. The van der Waals surface area contributed by atoms with Crippen molar-refractivity contribution in [2.24, 2.45) is 0 Å². The molecule has 1 rings (SSSR count). The number of aliphatic hydroxyl groups is 2. The monoisotopic (exact) mass is 517 g/mol. The summed E-state index contributed by atoms with van der Waals surface area (Å²) in [6.45, 7) is 3.42. The van der Waals surface area contributed by atoms with Crippen LogP contribution in [0.3, 0.4) is 0 Å². The second-order valence-corrected chi connectivity index (χ2v) is 11.1. The summed E-state index contributed by atoms with van der Waals surface area (Å²) < 4.78 is 32.7. The van der Waals surface area contributed by atoms with Gasteiger partial charge in [0.2, 0.25) is 5.78 Å². The lowest BCUT2D eigenvalue weighted by molar-refractivity contribution is -0.525. The quantitative estimate of drug-likeness (QED) is 0.0870. The third-order valence-corrected chi connectivity index (χ3v) is 7.16. The van der Waals surface area contributed by atoms with E-state index >= 15 is 0 Å². The van der Waals surface area contributed by atoms with E-state index in [-0.39, 0.29) is 18.9 Å². The Morgan fingerprint density at radius 3 is 2.14 bits per heavy atom. The molecule has 9 heteroatoms. The van der Waals surface area contributed by atoms with Crippen LogP contribution in [0.1, 0.15) is 96.8 Å². The third-order valence-electron chi connectivity index (χ3n) is 6.36. The fourth-order valence-electron chi connectivity index (χ4n) is 4.54. The first-order valence-corrected chi connectivity index (χ1v) is 15.2. The number of ketones is 1. The van der Waals surface area contributed by atoms with Gasteiger partial charge in [0.15, 0.2) is 0 Å². The number of hydrogen-bond donors (Lipinski definition) is 3. The van der Waals surface area contributed by atoms with E-state index < -0.39 is 22.0 Å². The van der Waals surface area contributed by atoms with Crippen LogP contribution in [-0.4, -0.2) is 88.9 Å². The van der Waals surface area contributed by atoms with Gasteiger partial charge in [0, 0.05) is 6.42 Å². The molecular weight excluding hydrogens is 468 g/mol. The molecule has 1 unspecified atom stereocenters. The van der Waals surface area contributed by atoms with Crippen LogP contribution in [0.15, 0.2) is 12.2 Å². The number of rotatable bonds is 22. The van der Waals surface area contributed by atoms with Crippen molar-refractivity contribution in [3.8, 4) is 0 Å². The Bertz CT molecular complexity index is 751. The zero-order chi connectivity index (χ0) is 25.9. The second kappa shape index (κ2) is 18.9. The van der Waals surface area contributed by atoms with E-state index in [0.717, 1.165) is 19.3 Å². The van der Waals surface area contributed by atoms with E-state index in [2.05, 4.69) is 19.1 Å². The van der Waals surface area contributed by atoms with Crippen molar-refractivity contribution in [3.05, 3.63) is 12.2 Å². The minimum absolute atomic E-state index is 0.0437. The van der Waals surface area contributed by atoms with E-state index in [0.29, 0.717) is 31.9 Å². The topological polar surface area (TPSA) is 118 Å². The summed E-state index contributed by atoms with van der Waals surface area (Å²) in [7, 11) is -4.29. The SMILES string of the molecule is CCCCC/C=C/CCCCCCCCCCC(=O)C1=[N+](CC(O)CS(=O)(=O)O)CCN1CCO. The molecule has 0 spiro atoms. The summed E-state index contributed by atoms with van der Waals surface area (Å²) in [5.41, 5.74) is 0. The normalized spacial score (nSPS) is 15.5. The maximum absolute atomic E-state index is 12.9. The van der Waals surface area contributed by atoms with Gasteiger partial charge in [-0.3, -0.25) is 18.8 Å². The van der Waals surface area contributed by atoms with Gasteiger partial charge in [0.1, 0.15) is 38.0 Å². The van der Waals surface area contributed by atoms with E-state index in [1.54, 1.807) is 9.48 Å². The number of unbranched alkanes of at least 4 members (excludes halogenated alkanes) is 11. The minimum Gasteiger partial charge on any atom is -0.392 e. The standard InChI is InChI=1S/C26H48N2O6S/c1-2-3-4-5-6-7-8-9-10-11-12-13-14-15-16-17-25(31)26-27(20-21-29)18-19-28(26)22-24(30)23-35(32,33)34/h6-7,24,29-30H,2-5,8-23H2,1H3/p+1/b7-6+. The maximum atomic E-state index is 12.9. The Balaban J connectivity index is 2.26. The smallest absolute Gasteiger partial charge is 0.316 e. The molecule has 8 nitrogen and oxygen atoms in total. The number of aliphatic hydroxyl groups excluding tert-OH is 2. The molecule has 1 aliphatic heterocycles. The number of carbonyl (C=O) groups excluding carboxylic acids is 1. The molecule has 1 heterocycles. The van der Waals surface area contributed by atoms with Crippen LogP contribution in [0.4, 0.5) is 0 Å². The lowest BCUT2D eigenvalue weighted by Crippen LogP contribution is -2.40. The lowest BCUT2D eigenvalue weighted by atomic mass is 10.0. The molecule has 1 aliphatic rings. The van der Waals surface area contributed by atoms with Crippen molar-refractivity contribution in [1.29, 1.82) is 0 Å². The van der Waals surface area contributed by atoms with Crippen molar-refractivity contribution < 1.29 is 32.6 Å². The van der Waals surface area contributed by atoms with Gasteiger partial charge in [-0.25, -0.2) is 0 Å². The van der Waals surface area contributed by atoms with Gasteiger partial charge in [-0.1, -0.05) is 70.4 Å². The third kappa shape index (κ3) is 15.4. The predicted molar refractivity (Wildman–Crippen MR) is 141 cm³/mol. The van der Waals surface area contributed by atoms with Crippen LogP contribution in [0.25, 0.3) is 0 Å². The Hall–Kier alpha value is -1.29.